The van der Waals surface area contributed by atoms with Gasteiger partial charge in [-0.2, -0.15) is 5.10 Å². The van der Waals surface area contributed by atoms with Crippen LogP contribution in [0, 0.1) is 0 Å². The highest BCUT2D eigenvalue weighted by molar-refractivity contribution is 5.92. The number of carbonyl (C=O) groups excluding carboxylic acids is 1. The SMILES string of the molecule is O=C(NC1CN[C@@H]2Cc3c[nH]c4cccc(c34)[C@H]2C1)c1ccn[nH]1. The van der Waals surface area contributed by atoms with Crippen LogP contribution in [0.15, 0.2) is 36.7 Å². The maximum Gasteiger partial charge on any atom is 0.269 e. The molecule has 0 spiro atoms. The van der Waals surface area contributed by atoms with Gasteiger partial charge in [0.2, 0.25) is 0 Å². The molecule has 2 aromatic heterocycles. The standard InChI is InChI=1S/C18H19N5O/c24-18(15-4-5-21-23-15)22-11-7-13-12-2-1-3-14-17(12)10(8-19-14)6-16(13)20-9-11/h1-5,8,11,13,16,19-20H,6-7,9H2,(H,21,23)(H,22,24)/t11?,13-,16-/m1/s1. The second kappa shape index (κ2) is 5.21. The fourth-order valence-electron chi connectivity index (χ4n) is 4.30. The van der Waals surface area contributed by atoms with Crippen molar-refractivity contribution in [3.63, 3.8) is 0 Å². The van der Waals surface area contributed by atoms with Crippen molar-refractivity contribution in [2.75, 3.05) is 6.54 Å². The first-order valence-electron chi connectivity index (χ1n) is 8.42. The molecule has 24 heavy (non-hydrogen) atoms. The third kappa shape index (κ3) is 2.06. The van der Waals surface area contributed by atoms with E-state index in [1.54, 1.807) is 12.3 Å². The largest absolute Gasteiger partial charge is 0.361 e. The zero-order valence-electron chi connectivity index (χ0n) is 13.2. The molecule has 1 unspecified atom stereocenters. The molecule has 1 aliphatic carbocycles. The van der Waals surface area contributed by atoms with Gasteiger partial charge in [-0.3, -0.25) is 9.89 Å². The molecule has 3 heterocycles. The second-order valence-electron chi connectivity index (χ2n) is 6.79. The third-order valence-electron chi connectivity index (χ3n) is 5.39. The van der Waals surface area contributed by atoms with Crippen LogP contribution in [0.2, 0.25) is 0 Å². The molecule has 1 amide bonds. The Morgan fingerprint density at radius 2 is 2.25 bits per heavy atom. The van der Waals surface area contributed by atoms with Crippen LogP contribution in [0.5, 0.6) is 0 Å². The highest BCUT2D eigenvalue weighted by Gasteiger charge is 2.36. The Morgan fingerprint density at radius 3 is 3.12 bits per heavy atom. The molecule has 6 heteroatoms. The van der Waals surface area contributed by atoms with Crippen LogP contribution in [-0.4, -0.2) is 39.7 Å². The van der Waals surface area contributed by atoms with Crippen molar-refractivity contribution in [1.82, 2.24) is 25.8 Å². The summed E-state index contributed by atoms with van der Waals surface area (Å²) < 4.78 is 0. The van der Waals surface area contributed by atoms with Crippen molar-refractivity contribution in [2.45, 2.75) is 30.8 Å². The molecule has 0 radical (unpaired) electrons. The van der Waals surface area contributed by atoms with Crippen molar-refractivity contribution in [3.05, 3.63) is 53.5 Å². The summed E-state index contributed by atoms with van der Waals surface area (Å²) in [6, 6.07) is 8.75. The number of nitrogens with zero attached hydrogens (tertiary/aromatic N) is 1. The maximum absolute atomic E-state index is 12.3. The Hall–Kier alpha value is -2.60. The van der Waals surface area contributed by atoms with Gasteiger partial charge in [0, 0.05) is 47.8 Å². The smallest absolute Gasteiger partial charge is 0.269 e. The number of carbonyl (C=O) groups is 1. The monoisotopic (exact) mass is 321 g/mol. The topological polar surface area (TPSA) is 85.6 Å². The van der Waals surface area contributed by atoms with E-state index in [4.69, 9.17) is 0 Å². The van der Waals surface area contributed by atoms with E-state index in [-0.39, 0.29) is 11.9 Å². The molecular weight excluding hydrogens is 302 g/mol. The number of hydrogen-bond donors (Lipinski definition) is 4. The minimum atomic E-state index is -0.0888. The zero-order chi connectivity index (χ0) is 16.1. The van der Waals surface area contributed by atoms with Gasteiger partial charge in [-0.1, -0.05) is 12.1 Å². The molecule has 1 aliphatic heterocycles. The molecule has 0 saturated carbocycles. The fourth-order valence-corrected chi connectivity index (χ4v) is 4.30. The first-order chi connectivity index (χ1) is 11.8. The van der Waals surface area contributed by atoms with E-state index in [1.807, 2.05) is 0 Å². The van der Waals surface area contributed by atoms with Crippen LogP contribution in [0.1, 0.15) is 34.0 Å². The van der Waals surface area contributed by atoms with Crippen LogP contribution < -0.4 is 10.6 Å². The van der Waals surface area contributed by atoms with Crippen LogP contribution in [0.4, 0.5) is 0 Å². The Morgan fingerprint density at radius 1 is 1.29 bits per heavy atom. The van der Waals surface area contributed by atoms with Crippen molar-refractivity contribution in [3.8, 4) is 0 Å². The van der Waals surface area contributed by atoms with Gasteiger partial charge in [0.15, 0.2) is 0 Å². The summed E-state index contributed by atoms with van der Waals surface area (Å²) in [6.07, 6.45) is 5.74. The molecule has 3 aromatic rings. The third-order valence-corrected chi connectivity index (χ3v) is 5.39. The summed E-state index contributed by atoms with van der Waals surface area (Å²) in [7, 11) is 0. The number of hydrogen-bond acceptors (Lipinski definition) is 3. The average Bonchev–Trinajstić information content (AvgIpc) is 3.27. The molecule has 1 saturated heterocycles. The van der Waals surface area contributed by atoms with Gasteiger partial charge in [-0.05, 0) is 36.1 Å². The number of fused-ring (bicyclic) bond motifs is 2. The Balaban J connectivity index is 1.42. The van der Waals surface area contributed by atoms with E-state index in [1.165, 1.54) is 22.0 Å². The lowest BCUT2D eigenvalue weighted by molar-refractivity contribution is 0.0918. The first-order valence-corrected chi connectivity index (χ1v) is 8.42. The lowest BCUT2D eigenvalue weighted by atomic mass is 9.75. The minimum Gasteiger partial charge on any atom is -0.361 e. The summed E-state index contributed by atoms with van der Waals surface area (Å²) >= 11 is 0. The Labute approximate surface area is 139 Å². The molecule has 2 aliphatic rings. The van der Waals surface area contributed by atoms with E-state index in [0.717, 1.165) is 19.4 Å². The highest BCUT2D eigenvalue weighted by Crippen LogP contribution is 2.40. The molecule has 4 N–H and O–H groups in total. The lowest BCUT2D eigenvalue weighted by Gasteiger charge is -2.40. The highest BCUT2D eigenvalue weighted by atomic mass is 16.2. The summed E-state index contributed by atoms with van der Waals surface area (Å²) in [5.74, 6) is 0.340. The lowest BCUT2D eigenvalue weighted by Crippen LogP contribution is -2.54. The summed E-state index contributed by atoms with van der Waals surface area (Å²) in [5, 5.41) is 14.7. The average molecular weight is 321 g/mol. The molecule has 6 nitrogen and oxygen atoms in total. The number of benzene rings is 1. The second-order valence-corrected chi connectivity index (χ2v) is 6.79. The van der Waals surface area contributed by atoms with Crippen LogP contribution in [0.3, 0.4) is 0 Å². The molecule has 122 valence electrons. The van der Waals surface area contributed by atoms with Crippen molar-refractivity contribution in [1.29, 1.82) is 0 Å². The summed E-state index contributed by atoms with van der Waals surface area (Å²) in [4.78, 5) is 15.6. The molecule has 5 rings (SSSR count). The van der Waals surface area contributed by atoms with Crippen LogP contribution >= 0.6 is 0 Å². The van der Waals surface area contributed by atoms with Gasteiger partial charge < -0.3 is 15.6 Å². The van der Waals surface area contributed by atoms with Crippen molar-refractivity contribution < 1.29 is 4.79 Å². The minimum absolute atomic E-state index is 0.0888. The van der Waals surface area contributed by atoms with Gasteiger partial charge in [-0.15, -0.1) is 0 Å². The number of amides is 1. The summed E-state index contributed by atoms with van der Waals surface area (Å²) in [6.45, 7) is 0.802. The van der Waals surface area contributed by atoms with Crippen LogP contribution in [-0.2, 0) is 6.42 Å². The zero-order valence-corrected chi connectivity index (χ0v) is 13.2. The van der Waals surface area contributed by atoms with Gasteiger partial charge in [0.1, 0.15) is 5.69 Å². The number of nitrogens with one attached hydrogen (secondary N) is 4. The van der Waals surface area contributed by atoms with Gasteiger partial charge >= 0.3 is 0 Å². The Kier molecular flexibility index (Phi) is 2.99. The predicted octanol–water partition coefficient (Wildman–Crippen LogP) is 1.69. The number of rotatable bonds is 2. The normalized spacial score (nSPS) is 25.4. The first kappa shape index (κ1) is 13.8. The van der Waals surface area contributed by atoms with Gasteiger partial charge in [0.25, 0.3) is 5.91 Å². The molecule has 1 aromatic carbocycles. The van der Waals surface area contributed by atoms with Gasteiger partial charge in [-0.25, -0.2) is 0 Å². The van der Waals surface area contributed by atoms with E-state index >= 15 is 0 Å². The number of aromatic amines is 2. The van der Waals surface area contributed by atoms with E-state index in [9.17, 15) is 4.79 Å². The molecule has 1 fully saturated rings. The van der Waals surface area contributed by atoms with Crippen molar-refractivity contribution >= 4 is 16.8 Å². The van der Waals surface area contributed by atoms with Crippen molar-refractivity contribution in [2.24, 2.45) is 0 Å². The Bertz CT molecular complexity index is 897. The number of piperidine rings is 1. The van der Waals surface area contributed by atoms with E-state index in [2.05, 4.69) is 50.2 Å². The fraction of sp³-hybridized carbons (Fsp3) is 0.333. The van der Waals surface area contributed by atoms with E-state index in [0.29, 0.717) is 17.7 Å². The maximum atomic E-state index is 12.3. The number of aromatic nitrogens is 3. The molecule has 0 bridgehead atoms. The van der Waals surface area contributed by atoms with E-state index < -0.39 is 0 Å². The quantitative estimate of drug-likeness (QED) is 0.579. The van der Waals surface area contributed by atoms with Gasteiger partial charge in [0.05, 0.1) is 0 Å². The number of H-pyrrole nitrogens is 2. The molecular formula is C18H19N5O. The van der Waals surface area contributed by atoms with Crippen LogP contribution in [0.25, 0.3) is 10.9 Å². The predicted molar refractivity (Wildman–Crippen MR) is 91.0 cm³/mol. The molecule has 3 atom stereocenters. The summed E-state index contributed by atoms with van der Waals surface area (Å²) in [5.41, 5.74) is 4.52.